The first-order chi connectivity index (χ1) is 7.75. The van der Waals surface area contributed by atoms with Crippen LogP contribution in [0, 0.1) is 5.82 Å². The summed E-state index contributed by atoms with van der Waals surface area (Å²) in [5.41, 5.74) is 0.791. The zero-order chi connectivity index (χ0) is 11.4. The molecule has 0 radical (unpaired) electrons. The Morgan fingerprint density at radius 2 is 2.12 bits per heavy atom. The predicted octanol–water partition coefficient (Wildman–Crippen LogP) is 4.00. The monoisotopic (exact) mass is 304 g/mol. The maximum absolute atomic E-state index is 13.5. The van der Waals surface area contributed by atoms with Gasteiger partial charge >= 0.3 is 0 Å². The summed E-state index contributed by atoms with van der Waals surface area (Å²) in [5, 5.41) is 0.622. The molecule has 16 heavy (non-hydrogen) atoms. The lowest BCUT2D eigenvalue weighted by atomic mass is 10.2. The summed E-state index contributed by atoms with van der Waals surface area (Å²) in [5.74, 6) is 0.637. The molecule has 0 aromatic heterocycles. The zero-order valence-electron chi connectivity index (χ0n) is 8.92. The van der Waals surface area contributed by atoms with Crippen LogP contribution in [0.5, 0.6) is 0 Å². The third kappa shape index (κ3) is 3.47. The Balaban J connectivity index is 1.88. The summed E-state index contributed by atoms with van der Waals surface area (Å²) in [7, 11) is 0. The van der Waals surface area contributed by atoms with Crippen LogP contribution in [0.1, 0.15) is 18.4 Å². The van der Waals surface area contributed by atoms with E-state index in [9.17, 15) is 4.39 Å². The topological polar surface area (TPSA) is 9.23 Å². The molecule has 0 bridgehead atoms. The number of thioether (sulfide) groups is 1. The fraction of sp³-hybridized carbons (Fsp3) is 0.500. The van der Waals surface area contributed by atoms with Crippen LogP contribution < -0.4 is 0 Å². The van der Waals surface area contributed by atoms with Crippen molar-refractivity contribution in [2.75, 3.05) is 13.2 Å². The molecule has 0 aliphatic carbocycles. The van der Waals surface area contributed by atoms with Gasteiger partial charge in [0.2, 0.25) is 0 Å². The van der Waals surface area contributed by atoms with Crippen LogP contribution in [0.3, 0.4) is 0 Å². The minimum Gasteiger partial charge on any atom is -0.381 e. The van der Waals surface area contributed by atoms with Gasteiger partial charge in [-0.1, -0.05) is 22.0 Å². The van der Waals surface area contributed by atoms with Crippen molar-refractivity contribution in [1.29, 1.82) is 0 Å². The zero-order valence-corrected chi connectivity index (χ0v) is 11.3. The molecular formula is C12H14BrFOS. The molecule has 0 saturated carbocycles. The number of hydrogen-bond donors (Lipinski definition) is 0. The first-order valence-corrected chi connectivity index (χ1v) is 7.23. The molecule has 0 N–H and O–H groups in total. The first-order valence-electron chi connectivity index (χ1n) is 5.39. The quantitative estimate of drug-likeness (QED) is 0.835. The smallest absolute Gasteiger partial charge is 0.128 e. The maximum atomic E-state index is 13.5. The van der Waals surface area contributed by atoms with Crippen molar-refractivity contribution in [2.24, 2.45) is 0 Å². The molecule has 88 valence electrons. The van der Waals surface area contributed by atoms with Crippen molar-refractivity contribution < 1.29 is 9.13 Å². The molecule has 1 aliphatic rings. The van der Waals surface area contributed by atoms with Gasteiger partial charge in [-0.3, -0.25) is 0 Å². The van der Waals surface area contributed by atoms with E-state index in [-0.39, 0.29) is 5.82 Å². The number of benzene rings is 1. The highest BCUT2D eigenvalue weighted by Crippen LogP contribution is 2.27. The van der Waals surface area contributed by atoms with Crippen LogP contribution in [0.4, 0.5) is 4.39 Å². The molecule has 0 amide bonds. The van der Waals surface area contributed by atoms with Crippen LogP contribution in [0.2, 0.25) is 0 Å². The van der Waals surface area contributed by atoms with Gasteiger partial charge in [0.15, 0.2) is 0 Å². The molecule has 1 aliphatic heterocycles. The Hall–Kier alpha value is -0.0600. The van der Waals surface area contributed by atoms with Crippen LogP contribution >= 0.6 is 27.7 Å². The van der Waals surface area contributed by atoms with Gasteiger partial charge in [0.05, 0.1) is 0 Å². The van der Waals surface area contributed by atoms with E-state index < -0.39 is 0 Å². The lowest BCUT2D eigenvalue weighted by molar-refractivity contribution is 0.1000. The Morgan fingerprint density at radius 3 is 2.81 bits per heavy atom. The van der Waals surface area contributed by atoms with E-state index in [1.165, 1.54) is 6.07 Å². The third-order valence-electron chi connectivity index (χ3n) is 2.66. The Kier molecular flexibility index (Phi) is 4.67. The van der Waals surface area contributed by atoms with Gasteiger partial charge in [-0.25, -0.2) is 4.39 Å². The summed E-state index contributed by atoms with van der Waals surface area (Å²) in [6.45, 7) is 1.70. The van der Waals surface area contributed by atoms with Crippen molar-refractivity contribution >= 4 is 27.7 Å². The van der Waals surface area contributed by atoms with E-state index in [1.807, 2.05) is 23.9 Å². The van der Waals surface area contributed by atoms with E-state index in [2.05, 4.69) is 15.9 Å². The van der Waals surface area contributed by atoms with Crippen molar-refractivity contribution in [3.63, 3.8) is 0 Å². The van der Waals surface area contributed by atoms with Crippen LogP contribution in [-0.4, -0.2) is 18.5 Å². The fourth-order valence-electron chi connectivity index (χ4n) is 1.69. The lowest BCUT2D eigenvalue weighted by Gasteiger charge is -2.21. The van der Waals surface area contributed by atoms with Crippen LogP contribution in [0.25, 0.3) is 0 Å². The van der Waals surface area contributed by atoms with Crippen LogP contribution in [0.15, 0.2) is 22.7 Å². The Bertz CT molecular complexity index is 353. The molecule has 4 heteroatoms. The van der Waals surface area contributed by atoms with E-state index in [4.69, 9.17) is 4.74 Å². The van der Waals surface area contributed by atoms with Crippen molar-refractivity contribution in [3.05, 3.63) is 34.1 Å². The molecule has 1 aromatic carbocycles. The Labute approximate surface area is 108 Å². The molecule has 2 rings (SSSR count). The average molecular weight is 305 g/mol. The van der Waals surface area contributed by atoms with Gasteiger partial charge in [0.25, 0.3) is 0 Å². The molecular weight excluding hydrogens is 291 g/mol. The molecule has 1 aromatic rings. The van der Waals surface area contributed by atoms with E-state index in [0.717, 1.165) is 41.8 Å². The third-order valence-corrected chi connectivity index (χ3v) is 4.57. The Morgan fingerprint density at radius 1 is 1.38 bits per heavy atom. The van der Waals surface area contributed by atoms with E-state index in [0.29, 0.717) is 5.25 Å². The number of hydrogen-bond acceptors (Lipinski definition) is 2. The normalized spacial score (nSPS) is 17.6. The number of ether oxygens (including phenoxy) is 1. The number of rotatable bonds is 3. The van der Waals surface area contributed by atoms with E-state index >= 15 is 0 Å². The molecule has 1 nitrogen and oxygen atoms in total. The van der Waals surface area contributed by atoms with Crippen molar-refractivity contribution in [2.45, 2.75) is 23.8 Å². The molecule has 1 saturated heterocycles. The van der Waals surface area contributed by atoms with Crippen LogP contribution in [-0.2, 0) is 10.5 Å². The van der Waals surface area contributed by atoms with Gasteiger partial charge in [0.1, 0.15) is 5.82 Å². The van der Waals surface area contributed by atoms with Gasteiger partial charge < -0.3 is 4.74 Å². The second-order valence-corrected chi connectivity index (χ2v) is 6.06. The van der Waals surface area contributed by atoms with E-state index in [1.54, 1.807) is 0 Å². The molecule has 1 heterocycles. The first kappa shape index (κ1) is 12.4. The molecule has 0 atom stereocenters. The van der Waals surface area contributed by atoms with Gasteiger partial charge in [-0.05, 0) is 30.5 Å². The highest BCUT2D eigenvalue weighted by Gasteiger charge is 2.14. The molecule has 0 spiro atoms. The van der Waals surface area contributed by atoms with Crippen molar-refractivity contribution in [3.8, 4) is 0 Å². The minimum absolute atomic E-state index is 0.117. The molecule has 0 unspecified atom stereocenters. The fourth-order valence-corrected chi connectivity index (χ4v) is 3.20. The summed E-state index contributed by atoms with van der Waals surface area (Å²) in [4.78, 5) is 0. The lowest BCUT2D eigenvalue weighted by Crippen LogP contribution is -2.17. The van der Waals surface area contributed by atoms with Gasteiger partial charge in [-0.2, -0.15) is 11.8 Å². The maximum Gasteiger partial charge on any atom is 0.128 e. The van der Waals surface area contributed by atoms with Gasteiger partial charge in [-0.15, -0.1) is 0 Å². The van der Waals surface area contributed by atoms with Gasteiger partial charge in [0, 0.05) is 28.7 Å². The SMILES string of the molecule is Fc1cc(Br)ccc1CSC1CCOCC1. The minimum atomic E-state index is -0.117. The molecule has 1 fully saturated rings. The number of halogens is 2. The largest absolute Gasteiger partial charge is 0.381 e. The van der Waals surface area contributed by atoms with Crippen molar-refractivity contribution in [1.82, 2.24) is 0 Å². The highest BCUT2D eigenvalue weighted by molar-refractivity contribution is 9.10. The standard InChI is InChI=1S/C12H14BrFOS/c13-10-2-1-9(12(14)7-10)8-16-11-3-5-15-6-4-11/h1-2,7,11H,3-6,8H2. The summed E-state index contributed by atoms with van der Waals surface area (Å²) >= 11 is 5.10. The average Bonchev–Trinajstić information content (AvgIpc) is 2.29. The predicted molar refractivity (Wildman–Crippen MR) is 69.2 cm³/mol. The summed E-state index contributed by atoms with van der Waals surface area (Å²) < 4.78 is 19.6. The summed E-state index contributed by atoms with van der Waals surface area (Å²) in [6.07, 6.45) is 2.17. The second-order valence-electron chi connectivity index (χ2n) is 3.86. The highest BCUT2D eigenvalue weighted by atomic mass is 79.9. The summed E-state index contributed by atoms with van der Waals surface area (Å²) in [6, 6.07) is 5.27. The second kappa shape index (κ2) is 6.03.